The second kappa shape index (κ2) is 11.9. The van der Waals surface area contributed by atoms with Crippen molar-refractivity contribution in [3.63, 3.8) is 0 Å². The van der Waals surface area contributed by atoms with Crippen LogP contribution >= 0.6 is 0 Å². The second-order valence-corrected chi connectivity index (χ2v) is 12.3. The molecule has 0 saturated carbocycles. The number of benzene rings is 3. The zero-order valence-electron chi connectivity index (χ0n) is 21.9. The van der Waals surface area contributed by atoms with Crippen LogP contribution in [0.15, 0.2) is 65.6 Å². The largest absolute Gasteiger partial charge is 0.480 e. The Hall–Kier alpha value is -3.27. The van der Waals surface area contributed by atoms with E-state index >= 15 is 0 Å². The lowest BCUT2D eigenvalue weighted by Gasteiger charge is -2.29. The second-order valence-electron chi connectivity index (χ2n) is 10.6. The molecule has 1 amide bonds. The molecule has 3 N–H and O–H groups in total. The molecule has 0 unspecified atom stereocenters. The molecule has 0 spiro atoms. The summed E-state index contributed by atoms with van der Waals surface area (Å²) in [5.74, 6) is -1.90. The lowest BCUT2D eigenvalue weighted by Crippen LogP contribution is -2.44. The molecule has 2 atom stereocenters. The van der Waals surface area contributed by atoms with Crippen molar-refractivity contribution >= 4 is 32.7 Å². The average Bonchev–Trinajstić information content (AvgIpc) is 2.93. The van der Waals surface area contributed by atoms with Crippen molar-refractivity contribution < 1.29 is 23.1 Å². The molecule has 206 valence electrons. The van der Waals surface area contributed by atoms with Gasteiger partial charge in [-0.15, -0.1) is 0 Å². The van der Waals surface area contributed by atoms with Gasteiger partial charge in [-0.3, -0.25) is 14.5 Å². The number of nitrogens with one attached hydrogen (secondary N) is 2. The van der Waals surface area contributed by atoms with Gasteiger partial charge in [-0.05, 0) is 84.8 Å². The standard InChI is InChI=1S/C30H35N3O5S/c34-29(19-28(30(35)36)32-39(37,38)25-13-12-22-7-2-3-8-23(22)18-25)31-27-10-6-9-24-17-21(11-14-26(24)27)20-33-15-4-1-5-16-33/h2-3,7-8,11-14,17-18,27-28,32H,1,4-6,9-10,15-16,19-20H2,(H,31,34)(H,35,36)/t27-,28-/m1/s1. The quantitative estimate of drug-likeness (QED) is 0.370. The van der Waals surface area contributed by atoms with Crippen molar-refractivity contribution in [2.75, 3.05) is 13.1 Å². The molecule has 1 heterocycles. The van der Waals surface area contributed by atoms with E-state index in [1.165, 1.54) is 42.5 Å². The molecule has 8 nitrogen and oxygen atoms in total. The number of sulfonamides is 1. The van der Waals surface area contributed by atoms with E-state index in [0.29, 0.717) is 0 Å². The van der Waals surface area contributed by atoms with Gasteiger partial charge in [0.2, 0.25) is 15.9 Å². The first-order valence-electron chi connectivity index (χ1n) is 13.7. The number of likely N-dealkylation sites (tertiary alicyclic amines) is 1. The Kier molecular flexibility index (Phi) is 8.30. The van der Waals surface area contributed by atoms with Crippen LogP contribution in [0.5, 0.6) is 0 Å². The minimum absolute atomic E-state index is 0.0468. The molecular formula is C30H35N3O5S. The maximum absolute atomic E-state index is 13.0. The van der Waals surface area contributed by atoms with Crippen LogP contribution in [0.2, 0.25) is 0 Å². The van der Waals surface area contributed by atoms with Gasteiger partial charge in [0.05, 0.1) is 17.4 Å². The van der Waals surface area contributed by atoms with Crippen molar-refractivity contribution in [2.24, 2.45) is 0 Å². The predicted octanol–water partition coefficient (Wildman–Crippen LogP) is 4.14. The maximum atomic E-state index is 13.0. The number of carbonyl (C=O) groups is 2. The number of aryl methyl sites for hydroxylation is 1. The van der Waals surface area contributed by atoms with Crippen LogP contribution in [-0.4, -0.2) is 49.4 Å². The summed E-state index contributed by atoms with van der Waals surface area (Å²) in [6.45, 7) is 3.19. The Labute approximate surface area is 229 Å². The van der Waals surface area contributed by atoms with Crippen molar-refractivity contribution in [3.05, 3.63) is 77.4 Å². The fourth-order valence-electron chi connectivity index (χ4n) is 5.70. The van der Waals surface area contributed by atoms with E-state index in [4.69, 9.17) is 0 Å². The first kappa shape index (κ1) is 27.3. The first-order valence-corrected chi connectivity index (χ1v) is 15.1. The summed E-state index contributed by atoms with van der Waals surface area (Å²) >= 11 is 0. The molecule has 0 radical (unpaired) electrons. The molecule has 1 saturated heterocycles. The summed E-state index contributed by atoms with van der Waals surface area (Å²) in [4.78, 5) is 27.3. The Morgan fingerprint density at radius 3 is 2.49 bits per heavy atom. The lowest BCUT2D eigenvalue weighted by atomic mass is 9.86. The molecule has 1 fully saturated rings. The van der Waals surface area contributed by atoms with Crippen LogP contribution in [0, 0.1) is 0 Å². The molecule has 3 aromatic rings. The number of carboxylic acids is 1. The Morgan fingerprint density at radius 1 is 0.949 bits per heavy atom. The Morgan fingerprint density at radius 2 is 1.72 bits per heavy atom. The Balaban J connectivity index is 1.24. The zero-order valence-corrected chi connectivity index (χ0v) is 22.8. The third-order valence-corrected chi connectivity index (χ3v) is 9.20. The van der Waals surface area contributed by atoms with Crippen LogP contribution in [-0.2, 0) is 32.6 Å². The molecule has 3 aromatic carbocycles. The molecule has 9 heteroatoms. The van der Waals surface area contributed by atoms with Crippen molar-refractivity contribution in [1.82, 2.24) is 14.9 Å². The van der Waals surface area contributed by atoms with Crippen molar-refractivity contribution in [3.8, 4) is 0 Å². The first-order chi connectivity index (χ1) is 18.8. The highest BCUT2D eigenvalue weighted by Gasteiger charge is 2.30. The van der Waals surface area contributed by atoms with E-state index in [1.54, 1.807) is 18.2 Å². The van der Waals surface area contributed by atoms with Gasteiger partial charge in [0, 0.05) is 6.54 Å². The number of amides is 1. The smallest absolute Gasteiger partial charge is 0.322 e. The van der Waals surface area contributed by atoms with Gasteiger partial charge in [0.15, 0.2) is 0 Å². The number of aliphatic carboxylic acids is 1. The molecule has 0 bridgehead atoms. The number of fused-ring (bicyclic) bond motifs is 2. The topological polar surface area (TPSA) is 116 Å². The summed E-state index contributed by atoms with van der Waals surface area (Å²) < 4.78 is 28.2. The van der Waals surface area contributed by atoms with Gasteiger partial charge in [0.25, 0.3) is 0 Å². The number of nitrogens with zero attached hydrogens (tertiary/aromatic N) is 1. The highest BCUT2D eigenvalue weighted by atomic mass is 32.2. The molecule has 39 heavy (non-hydrogen) atoms. The van der Waals surface area contributed by atoms with Gasteiger partial charge in [-0.2, -0.15) is 4.72 Å². The van der Waals surface area contributed by atoms with E-state index in [0.717, 1.165) is 55.2 Å². The molecule has 0 aromatic heterocycles. The van der Waals surface area contributed by atoms with E-state index in [1.807, 2.05) is 12.1 Å². The molecule has 5 rings (SSSR count). The average molecular weight is 550 g/mol. The normalized spacial score (nSPS) is 18.8. The highest BCUT2D eigenvalue weighted by Crippen LogP contribution is 2.31. The molecule has 2 aliphatic rings. The van der Waals surface area contributed by atoms with E-state index in [2.05, 4.69) is 33.1 Å². The lowest BCUT2D eigenvalue weighted by molar-refractivity contribution is -0.141. The van der Waals surface area contributed by atoms with Gasteiger partial charge >= 0.3 is 5.97 Å². The molecule has 1 aliphatic carbocycles. The third kappa shape index (κ3) is 6.66. The number of carboxylic acid groups (broad SMARTS) is 1. The SMILES string of the molecule is O=C(C[C@@H](NS(=O)(=O)c1ccc2ccccc2c1)C(=O)O)N[C@@H]1CCCc2cc(CN3CCCCC3)ccc21. The zero-order chi connectivity index (χ0) is 27.4. The van der Waals surface area contributed by atoms with Crippen LogP contribution in [0.3, 0.4) is 0 Å². The fraction of sp³-hybridized carbons (Fsp3) is 0.400. The summed E-state index contributed by atoms with van der Waals surface area (Å²) in [6.07, 6.45) is 5.91. The Bertz CT molecular complexity index is 1470. The van der Waals surface area contributed by atoms with E-state index in [9.17, 15) is 23.1 Å². The van der Waals surface area contributed by atoms with Crippen LogP contribution in [0.1, 0.15) is 61.3 Å². The number of piperidine rings is 1. The maximum Gasteiger partial charge on any atom is 0.322 e. The summed E-state index contributed by atoms with van der Waals surface area (Å²) in [5, 5.41) is 14.3. The van der Waals surface area contributed by atoms with E-state index in [-0.39, 0.29) is 10.9 Å². The van der Waals surface area contributed by atoms with Gasteiger partial charge in [-0.1, -0.05) is 55.0 Å². The number of hydrogen-bond donors (Lipinski definition) is 3. The molecular weight excluding hydrogens is 514 g/mol. The number of rotatable bonds is 9. The van der Waals surface area contributed by atoms with Crippen LogP contribution < -0.4 is 10.0 Å². The highest BCUT2D eigenvalue weighted by molar-refractivity contribution is 7.89. The van der Waals surface area contributed by atoms with Gasteiger partial charge in [-0.25, -0.2) is 8.42 Å². The number of carbonyl (C=O) groups excluding carboxylic acids is 1. The van der Waals surface area contributed by atoms with Crippen molar-refractivity contribution in [2.45, 2.75) is 68.5 Å². The third-order valence-electron chi connectivity index (χ3n) is 7.73. The minimum Gasteiger partial charge on any atom is -0.480 e. The summed E-state index contributed by atoms with van der Waals surface area (Å²) in [6, 6.07) is 16.5. The molecule has 1 aliphatic heterocycles. The summed E-state index contributed by atoms with van der Waals surface area (Å²) in [7, 11) is -4.16. The van der Waals surface area contributed by atoms with E-state index < -0.39 is 34.4 Å². The van der Waals surface area contributed by atoms with Crippen LogP contribution in [0.25, 0.3) is 10.8 Å². The summed E-state index contributed by atoms with van der Waals surface area (Å²) in [5.41, 5.74) is 3.55. The van der Waals surface area contributed by atoms with Gasteiger partial charge in [0.1, 0.15) is 6.04 Å². The fourth-order valence-corrected chi connectivity index (χ4v) is 6.92. The number of hydrogen-bond acceptors (Lipinski definition) is 5. The predicted molar refractivity (Wildman–Crippen MR) is 150 cm³/mol. The van der Waals surface area contributed by atoms with Crippen molar-refractivity contribution in [1.29, 1.82) is 0 Å². The van der Waals surface area contributed by atoms with Gasteiger partial charge < -0.3 is 10.4 Å². The monoisotopic (exact) mass is 549 g/mol. The minimum atomic E-state index is -4.16. The van der Waals surface area contributed by atoms with Crippen LogP contribution in [0.4, 0.5) is 0 Å².